The third kappa shape index (κ3) is 5.28. The van der Waals surface area contributed by atoms with Crippen LogP contribution in [-0.2, 0) is 14.9 Å². The van der Waals surface area contributed by atoms with E-state index in [-0.39, 0.29) is 13.0 Å². The molecular formula is C20H22FN3O5S2. The van der Waals surface area contributed by atoms with Crippen LogP contribution in [0.15, 0.2) is 36.5 Å². The van der Waals surface area contributed by atoms with Gasteiger partial charge in [0.25, 0.3) is 10.1 Å². The molecule has 0 bridgehead atoms. The van der Waals surface area contributed by atoms with Gasteiger partial charge in [-0.15, -0.1) is 0 Å². The Morgan fingerprint density at radius 1 is 1.23 bits per heavy atom. The summed E-state index contributed by atoms with van der Waals surface area (Å²) in [4.78, 5) is 20.0. The number of pyridine rings is 1. The van der Waals surface area contributed by atoms with Crippen LogP contribution >= 0.6 is 11.8 Å². The van der Waals surface area contributed by atoms with Gasteiger partial charge < -0.3 is 9.64 Å². The van der Waals surface area contributed by atoms with Crippen LogP contribution < -0.4 is 9.80 Å². The van der Waals surface area contributed by atoms with Crippen molar-refractivity contribution >= 4 is 39.5 Å². The van der Waals surface area contributed by atoms with Crippen molar-refractivity contribution in [1.82, 2.24) is 4.98 Å². The maximum Gasteiger partial charge on any atom is 0.414 e. The number of benzene rings is 1. The molecule has 2 aliphatic rings. The molecule has 4 rings (SSSR count). The van der Waals surface area contributed by atoms with Crippen LogP contribution in [0, 0.1) is 5.82 Å². The van der Waals surface area contributed by atoms with Crippen molar-refractivity contribution < 1.29 is 26.9 Å². The number of hydrogen-bond acceptors (Lipinski definition) is 7. The smallest absolute Gasteiger partial charge is 0.414 e. The first kappa shape index (κ1) is 21.8. The fraction of sp³-hybridized carbons (Fsp3) is 0.400. The van der Waals surface area contributed by atoms with E-state index in [1.54, 1.807) is 18.3 Å². The second-order valence-corrected chi connectivity index (χ2v) is 10.2. The summed E-state index contributed by atoms with van der Waals surface area (Å²) in [5, 5.41) is 0. The normalized spacial score (nSPS) is 19.5. The second kappa shape index (κ2) is 9.01. The lowest BCUT2D eigenvalue weighted by molar-refractivity contribution is 0.139. The molecule has 1 aromatic heterocycles. The SMILES string of the molecule is O=C1O[C@H](CCS(=O)(=O)O)CN1c1ccc(-c2ccc(N3CCSCC3)nc2)c(F)c1. The predicted octanol–water partition coefficient (Wildman–Crippen LogP) is 3.04. The Morgan fingerprint density at radius 2 is 2.00 bits per heavy atom. The van der Waals surface area contributed by atoms with Gasteiger partial charge in [0.1, 0.15) is 17.7 Å². The maximum atomic E-state index is 14.8. The van der Waals surface area contributed by atoms with E-state index in [1.165, 1.54) is 11.0 Å². The number of hydrogen-bond donors (Lipinski definition) is 1. The highest BCUT2D eigenvalue weighted by Crippen LogP contribution is 2.30. The highest BCUT2D eigenvalue weighted by molar-refractivity contribution is 7.99. The van der Waals surface area contributed by atoms with Crippen LogP contribution in [0.2, 0.25) is 0 Å². The molecule has 1 atom stereocenters. The van der Waals surface area contributed by atoms with Gasteiger partial charge in [-0.3, -0.25) is 9.45 Å². The van der Waals surface area contributed by atoms with E-state index in [0.29, 0.717) is 16.8 Å². The number of amides is 1. The molecule has 2 fully saturated rings. The summed E-state index contributed by atoms with van der Waals surface area (Å²) in [6.45, 7) is 1.96. The summed E-state index contributed by atoms with van der Waals surface area (Å²) < 4.78 is 50.6. The molecule has 0 spiro atoms. The summed E-state index contributed by atoms with van der Waals surface area (Å²) in [6, 6.07) is 8.16. The van der Waals surface area contributed by atoms with E-state index < -0.39 is 33.9 Å². The Hall–Kier alpha value is -2.37. The molecule has 1 N–H and O–H groups in total. The van der Waals surface area contributed by atoms with E-state index in [1.807, 2.05) is 23.9 Å². The lowest BCUT2D eigenvalue weighted by Gasteiger charge is -2.27. The number of ether oxygens (including phenoxy) is 1. The minimum atomic E-state index is -4.14. The molecule has 0 unspecified atom stereocenters. The Morgan fingerprint density at radius 3 is 2.65 bits per heavy atom. The maximum absolute atomic E-state index is 14.8. The molecule has 0 aliphatic carbocycles. The third-order valence-electron chi connectivity index (χ3n) is 5.23. The van der Waals surface area contributed by atoms with Crippen LogP contribution in [-0.4, -0.2) is 67.0 Å². The van der Waals surface area contributed by atoms with Gasteiger partial charge in [0, 0.05) is 48.3 Å². The molecule has 8 nitrogen and oxygen atoms in total. The van der Waals surface area contributed by atoms with E-state index in [0.717, 1.165) is 30.4 Å². The van der Waals surface area contributed by atoms with Gasteiger partial charge in [-0.25, -0.2) is 14.2 Å². The number of thioether (sulfide) groups is 1. The number of anilines is 2. The summed E-state index contributed by atoms with van der Waals surface area (Å²) in [5.74, 6) is 1.99. The van der Waals surface area contributed by atoms with Crippen LogP contribution in [0.1, 0.15) is 6.42 Å². The second-order valence-electron chi connectivity index (χ2n) is 7.36. The Balaban J connectivity index is 1.46. The minimum absolute atomic E-state index is 0.0324. The standard InChI is InChI=1S/C20H22FN3O5S2/c21-18-11-15(24-13-16(29-20(24)25)5-10-31(26,27)28)2-3-17(18)14-1-4-19(22-12-14)23-6-8-30-9-7-23/h1-4,11-12,16H,5-10,13H2,(H,26,27,28)/t16-/m1/s1. The lowest BCUT2D eigenvalue weighted by Crippen LogP contribution is -2.32. The van der Waals surface area contributed by atoms with Gasteiger partial charge in [-0.1, -0.05) is 0 Å². The van der Waals surface area contributed by atoms with E-state index in [9.17, 15) is 17.6 Å². The number of halogens is 1. The van der Waals surface area contributed by atoms with Crippen molar-refractivity contribution in [2.45, 2.75) is 12.5 Å². The van der Waals surface area contributed by atoms with Gasteiger partial charge >= 0.3 is 6.09 Å². The topological polar surface area (TPSA) is 100 Å². The fourth-order valence-corrected chi connectivity index (χ4v) is 5.06. The van der Waals surface area contributed by atoms with Crippen molar-refractivity contribution in [2.24, 2.45) is 0 Å². The predicted molar refractivity (Wildman–Crippen MR) is 118 cm³/mol. The Kier molecular flexibility index (Phi) is 6.35. The molecule has 1 amide bonds. The largest absolute Gasteiger partial charge is 0.444 e. The Labute approximate surface area is 184 Å². The molecule has 11 heteroatoms. The zero-order valence-corrected chi connectivity index (χ0v) is 18.2. The van der Waals surface area contributed by atoms with Crippen molar-refractivity contribution in [3.8, 4) is 11.1 Å². The van der Waals surface area contributed by atoms with E-state index >= 15 is 0 Å². The zero-order valence-electron chi connectivity index (χ0n) is 16.6. The summed E-state index contributed by atoms with van der Waals surface area (Å²) in [6.07, 6.45) is 0.236. The molecule has 1 aromatic carbocycles. The number of cyclic esters (lactones) is 1. The van der Waals surface area contributed by atoms with Crippen LogP contribution in [0.25, 0.3) is 11.1 Å². The van der Waals surface area contributed by atoms with E-state index in [2.05, 4.69) is 9.88 Å². The summed E-state index contributed by atoms with van der Waals surface area (Å²) in [5.41, 5.74) is 1.32. The lowest BCUT2D eigenvalue weighted by atomic mass is 10.1. The third-order valence-corrected chi connectivity index (χ3v) is 6.92. The van der Waals surface area contributed by atoms with Crippen LogP contribution in [0.3, 0.4) is 0 Å². The monoisotopic (exact) mass is 467 g/mol. The zero-order chi connectivity index (χ0) is 22.0. The number of aromatic nitrogens is 1. The fourth-order valence-electron chi connectivity index (χ4n) is 3.59. The molecule has 2 aromatic rings. The Bertz CT molecular complexity index is 1060. The average molecular weight is 468 g/mol. The number of carbonyl (C=O) groups is 1. The van der Waals surface area contributed by atoms with Crippen molar-refractivity contribution in [2.75, 3.05) is 46.7 Å². The molecule has 2 aliphatic heterocycles. The molecule has 0 radical (unpaired) electrons. The summed E-state index contributed by atoms with van der Waals surface area (Å²) >= 11 is 1.92. The first-order valence-electron chi connectivity index (χ1n) is 9.82. The highest BCUT2D eigenvalue weighted by atomic mass is 32.2. The summed E-state index contributed by atoms with van der Waals surface area (Å²) in [7, 11) is -4.14. The average Bonchev–Trinajstić information content (AvgIpc) is 3.13. The minimum Gasteiger partial charge on any atom is -0.444 e. The van der Waals surface area contributed by atoms with Crippen molar-refractivity contribution in [3.63, 3.8) is 0 Å². The number of rotatable bonds is 6. The molecular weight excluding hydrogens is 445 g/mol. The molecule has 31 heavy (non-hydrogen) atoms. The number of nitrogens with zero attached hydrogens (tertiary/aromatic N) is 3. The quantitative estimate of drug-likeness (QED) is 0.647. The van der Waals surface area contributed by atoms with Crippen LogP contribution in [0.5, 0.6) is 0 Å². The molecule has 2 saturated heterocycles. The first-order valence-corrected chi connectivity index (χ1v) is 12.6. The van der Waals surface area contributed by atoms with E-state index in [4.69, 9.17) is 9.29 Å². The molecule has 166 valence electrons. The van der Waals surface area contributed by atoms with Gasteiger partial charge in [0.15, 0.2) is 0 Å². The van der Waals surface area contributed by atoms with Crippen molar-refractivity contribution in [3.05, 3.63) is 42.3 Å². The van der Waals surface area contributed by atoms with Crippen LogP contribution in [0.4, 0.5) is 20.7 Å². The van der Waals surface area contributed by atoms with Gasteiger partial charge in [0.05, 0.1) is 18.0 Å². The highest BCUT2D eigenvalue weighted by Gasteiger charge is 2.33. The molecule has 3 heterocycles. The van der Waals surface area contributed by atoms with Gasteiger partial charge in [-0.05, 0) is 30.3 Å². The van der Waals surface area contributed by atoms with Gasteiger partial charge in [-0.2, -0.15) is 20.2 Å². The first-order chi connectivity index (χ1) is 14.8. The molecule has 0 saturated carbocycles. The van der Waals surface area contributed by atoms with Crippen molar-refractivity contribution in [1.29, 1.82) is 0 Å². The number of carbonyl (C=O) groups excluding carboxylic acids is 1. The van der Waals surface area contributed by atoms with Gasteiger partial charge in [0.2, 0.25) is 0 Å².